The summed E-state index contributed by atoms with van der Waals surface area (Å²) in [5, 5.41) is 6.97. The maximum atomic E-state index is 14.5. The molecule has 6 nitrogen and oxygen atoms in total. The number of anilines is 1. The molecular formula is C25H19F2N3O3. The normalized spacial score (nSPS) is 10.6. The number of rotatable bonds is 6. The largest absolute Gasteiger partial charge is 0.461 e. The Morgan fingerprint density at radius 2 is 1.76 bits per heavy atom. The molecule has 0 aliphatic carbocycles. The number of nitrogens with one attached hydrogen (secondary N) is 1. The molecule has 0 radical (unpaired) electrons. The number of carbonyl (C=O) groups excluding carboxylic acids is 2. The van der Waals surface area contributed by atoms with Crippen molar-refractivity contribution < 1.29 is 23.1 Å². The zero-order valence-electron chi connectivity index (χ0n) is 17.6. The average Bonchev–Trinajstić information content (AvgIpc) is 3.25. The van der Waals surface area contributed by atoms with Crippen LogP contribution in [0.1, 0.15) is 27.8 Å². The molecule has 4 rings (SSSR count). The van der Waals surface area contributed by atoms with Crippen molar-refractivity contribution in [2.75, 3.05) is 11.9 Å². The van der Waals surface area contributed by atoms with Crippen LogP contribution in [-0.2, 0) is 4.74 Å². The molecule has 0 atom stereocenters. The highest BCUT2D eigenvalue weighted by Crippen LogP contribution is 2.28. The Morgan fingerprint density at radius 1 is 0.970 bits per heavy atom. The SMILES string of the molecule is CCOC(=O)c1cc(-c2cccc(NC(=O)c3cccc(F)c3)c2)n(-c2ccccc2F)n1. The fraction of sp³-hybridized carbons (Fsp3) is 0.0800. The van der Waals surface area contributed by atoms with Crippen LogP contribution in [0.2, 0.25) is 0 Å². The van der Waals surface area contributed by atoms with Crippen LogP contribution in [0.15, 0.2) is 78.9 Å². The van der Waals surface area contributed by atoms with Crippen LogP contribution in [0.25, 0.3) is 16.9 Å². The molecule has 0 saturated carbocycles. The van der Waals surface area contributed by atoms with E-state index < -0.39 is 23.5 Å². The minimum Gasteiger partial charge on any atom is -0.461 e. The molecular weight excluding hydrogens is 428 g/mol. The standard InChI is InChI=1S/C25H19F2N3O3/c1-2-33-25(32)21-15-23(30(29-21)22-12-4-3-11-20(22)27)16-7-6-10-19(14-16)28-24(31)17-8-5-9-18(26)13-17/h3-15H,2H2,1H3,(H,28,31). The van der Waals surface area contributed by atoms with Crippen LogP contribution in [0.4, 0.5) is 14.5 Å². The lowest BCUT2D eigenvalue weighted by Gasteiger charge is -2.11. The number of amides is 1. The van der Waals surface area contributed by atoms with Gasteiger partial charge in [-0.05, 0) is 55.5 Å². The molecule has 0 aliphatic heterocycles. The fourth-order valence-corrected chi connectivity index (χ4v) is 3.29. The summed E-state index contributed by atoms with van der Waals surface area (Å²) in [6.07, 6.45) is 0. The summed E-state index contributed by atoms with van der Waals surface area (Å²) in [4.78, 5) is 24.8. The third-order valence-electron chi connectivity index (χ3n) is 4.78. The highest BCUT2D eigenvalue weighted by molar-refractivity contribution is 6.04. The number of benzene rings is 3. The number of hydrogen-bond donors (Lipinski definition) is 1. The van der Waals surface area contributed by atoms with Crippen LogP contribution in [0.5, 0.6) is 0 Å². The second kappa shape index (κ2) is 9.44. The molecule has 0 saturated heterocycles. The van der Waals surface area contributed by atoms with Crippen molar-refractivity contribution in [3.8, 4) is 16.9 Å². The Balaban J connectivity index is 1.73. The average molecular weight is 447 g/mol. The van der Waals surface area contributed by atoms with Gasteiger partial charge in [0.25, 0.3) is 5.91 Å². The van der Waals surface area contributed by atoms with Crippen LogP contribution in [-0.4, -0.2) is 28.3 Å². The molecule has 0 spiro atoms. The van der Waals surface area contributed by atoms with Crippen LogP contribution < -0.4 is 5.32 Å². The fourth-order valence-electron chi connectivity index (χ4n) is 3.29. The molecule has 33 heavy (non-hydrogen) atoms. The lowest BCUT2D eigenvalue weighted by Crippen LogP contribution is -2.12. The van der Waals surface area contributed by atoms with E-state index in [-0.39, 0.29) is 23.6 Å². The molecule has 0 unspecified atom stereocenters. The maximum Gasteiger partial charge on any atom is 0.358 e. The van der Waals surface area contributed by atoms with Gasteiger partial charge in [0.15, 0.2) is 5.69 Å². The van der Waals surface area contributed by atoms with Gasteiger partial charge in [-0.3, -0.25) is 4.79 Å². The van der Waals surface area contributed by atoms with Gasteiger partial charge in [0, 0.05) is 16.8 Å². The Hall–Kier alpha value is -4.33. The summed E-state index contributed by atoms with van der Waals surface area (Å²) >= 11 is 0. The summed E-state index contributed by atoms with van der Waals surface area (Å²) in [6, 6.07) is 19.6. The predicted molar refractivity (Wildman–Crippen MR) is 119 cm³/mol. The van der Waals surface area contributed by atoms with Crippen molar-refractivity contribution in [2.45, 2.75) is 6.92 Å². The molecule has 3 aromatic carbocycles. The molecule has 1 N–H and O–H groups in total. The van der Waals surface area contributed by atoms with Crippen LogP contribution in [0, 0.1) is 11.6 Å². The monoisotopic (exact) mass is 447 g/mol. The smallest absolute Gasteiger partial charge is 0.358 e. The number of para-hydroxylation sites is 1. The van der Waals surface area contributed by atoms with E-state index in [1.54, 1.807) is 43.3 Å². The van der Waals surface area contributed by atoms with Gasteiger partial charge >= 0.3 is 5.97 Å². The van der Waals surface area contributed by atoms with Crippen molar-refractivity contribution in [1.29, 1.82) is 0 Å². The number of aromatic nitrogens is 2. The highest BCUT2D eigenvalue weighted by Gasteiger charge is 2.19. The van der Waals surface area contributed by atoms with E-state index in [1.807, 2.05) is 0 Å². The van der Waals surface area contributed by atoms with Gasteiger partial charge in [0.2, 0.25) is 0 Å². The summed E-state index contributed by atoms with van der Waals surface area (Å²) in [6.45, 7) is 1.85. The number of carbonyl (C=O) groups is 2. The van der Waals surface area contributed by atoms with Gasteiger partial charge in [-0.2, -0.15) is 5.10 Å². The van der Waals surface area contributed by atoms with Crippen LogP contribution >= 0.6 is 0 Å². The first-order chi connectivity index (χ1) is 16.0. The first-order valence-electron chi connectivity index (χ1n) is 10.2. The summed E-state index contributed by atoms with van der Waals surface area (Å²) < 4.78 is 34.3. The summed E-state index contributed by atoms with van der Waals surface area (Å²) in [5.74, 6) is -2.16. The van der Waals surface area contributed by atoms with Gasteiger partial charge in [-0.25, -0.2) is 18.3 Å². The second-order valence-corrected chi connectivity index (χ2v) is 7.04. The molecule has 0 fully saturated rings. The van der Waals surface area contributed by atoms with Crippen molar-refractivity contribution in [3.05, 3.63) is 102 Å². The second-order valence-electron chi connectivity index (χ2n) is 7.04. The lowest BCUT2D eigenvalue weighted by atomic mass is 10.1. The van der Waals surface area contributed by atoms with Crippen LogP contribution in [0.3, 0.4) is 0 Å². The molecule has 1 aromatic heterocycles. The van der Waals surface area contributed by atoms with Crippen molar-refractivity contribution in [2.24, 2.45) is 0 Å². The minimum absolute atomic E-state index is 0.0179. The number of nitrogens with zero attached hydrogens (tertiary/aromatic N) is 2. The molecule has 0 aliphatic rings. The maximum absolute atomic E-state index is 14.5. The molecule has 1 heterocycles. The Bertz CT molecular complexity index is 1330. The van der Waals surface area contributed by atoms with E-state index >= 15 is 0 Å². The van der Waals surface area contributed by atoms with Gasteiger partial charge in [-0.15, -0.1) is 0 Å². The number of esters is 1. The molecule has 8 heteroatoms. The minimum atomic E-state index is -0.635. The van der Waals surface area contributed by atoms with Gasteiger partial charge < -0.3 is 10.1 Å². The number of halogens is 2. The molecule has 166 valence electrons. The molecule has 0 bridgehead atoms. The van der Waals surface area contributed by atoms with Crippen molar-refractivity contribution >= 4 is 17.6 Å². The zero-order valence-corrected chi connectivity index (χ0v) is 17.6. The third-order valence-corrected chi connectivity index (χ3v) is 4.78. The van der Waals surface area contributed by atoms with E-state index in [9.17, 15) is 18.4 Å². The third kappa shape index (κ3) is 4.79. The number of ether oxygens (including phenoxy) is 1. The topological polar surface area (TPSA) is 73.2 Å². The highest BCUT2D eigenvalue weighted by atomic mass is 19.1. The van der Waals surface area contributed by atoms with Gasteiger partial charge in [0.05, 0.1) is 12.3 Å². The van der Waals surface area contributed by atoms with Gasteiger partial charge in [-0.1, -0.05) is 30.3 Å². The van der Waals surface area contributed by atoms with Crippen molar-refractivity contribution in [3.63, 3.8) is 0 Å². The van der Waals surface area contributed by atoms with E-state index in [0.29, 0.717) is 16.9 Å². The van der Waals surface area contributed by atoms with Gasteiger partial charge in [0.1, 0.15) is 17.3 Å². The predicted octanol–water partition coefficient (Wildman–Crippen LogP) is 5.25. The first-order valence-corrected chi connectivity index (χ1v) is 10.2. The summed E-state index contributed by atoms with van der Waals surface area (Å²) in [7, 11) is 0. The molecule has 1 amide bonds. The van der Waals surface area contributed by atoms with E-state index in [4.69, 9.17) is 4.74 Å². The summed E-state index contributed by atoms with van der Waals surface area (Å²) in [5.41, 5.74) is 1.76. The Labute approximate surface area is 188 Å². The van der Waals surface area contributed by atoms with Crippen molar-refractivity contribution in [1.82, 2.24) is 9.78 Å². The van der Waals surface area contributed by atoms with E-state index in [0.717, 1.165) is 6.07 Å². The Kier molecular flexibility index (Phi) is 6.26. The number of hydrogen-bond acceptors (Lipinski definition) is 4. The first kappa shape index (κ1) is 21.9. The quantitative estimate of drug-likeness (QED) is 0.410. The molecule has 4 aromatic rings. The van der Waals surface area contributed by atoms with E-state index in [1.165, 1.54) is 41.1 Å². The lowest BCUT2D eigenvalue weighted by molar-refractivity contribution is 0.0518. The van der Waals surface area contributed by atoms with E-state index in [2.05, 4.69) is 10.4 Å². The Morgan fingerprint density at radius 3 is 2.52 bits per heavy atom. The zero-order chi connectivity index (χ0) is 23.4.